The molecule has 2 saturated heterocycles. The highest BCUT2D eigenvalue weighted by atomic mass is 35.5. The van der Waals surface area contributed by atoms with Crippen LogP contribution >= 0.6 is 12.4 Å². The molecule has 10 nitrogen and oxygen atoms in total. The molecule has 228 valence electrons. The smallest absolute Gasteiger partial charge is 0.228 e. The topological polar surface area (TPSA) is 141 Å². The van der Waals surface area contributed by atoms with Gasteiger partial charge in [-0.05, 0) is 80.4 Å². The summed E-state index contributed by atoms with van der Waals surface area (Å²) in [5.41, 5.74) is 2.01. The van der Waals surface area contributed by atoms with Gasteiger partial charge in [0.25, 0.3) is 0 Å². The van der Waals surface area contributed by atoms with Crippen molar-refractivity contribution in [2.24, 2.45) is 5.14 Å². The summed E-state index contributed by atoms with van der Waals surface area (Å²) in [5.74, 6) is 0.570. The molecule has 6 rings (SSSR count). The lowest BCUT2D eigenvalue weighted by atomic mass is 9.95. The third-order valence-corrected chi connectivity index (χ3v) is 9.06. The Morgan fingerprint density at radius 1 is 1.09 bits per heavy atom. The minimum Gasteiger partial charge on any atom is -0.437 e. The minimum absolute atomic E-state index is 0. The number of benzene rings is 2. The predicted molar refractivity (Wildman–Crippen MR) is 166 cm³/mol. The number of nitrogens with two attached hydrogens (primary N) is 1. The van der Waals surface area contributed by atoms with E-state index in [4.69, 9.17) is 19.6 Å². The minimum atomic E-state index is -4.20. The number of ether oxygens (including phenoxy) is 2. The summed E-state index contributed by atoms with van der Waals surface area (Å²) in [6, 6.07) is 12.0. The highest BCUT2D eigenvalue weighted by Crippen LogP contribution is 2.42. The molecule has 2 aromatic heterocycles. The number of pyridine rings is 1. The van der Waals surface area contributed by atoms with Gasteiger partial charge in [-0.3, -0.25) is 0 Å². The van der Waals surface area contributed by atoms with Crippen molar-refractivity contribution in [2.75, 3.05) is 25.0 Å². The third-order valence-electron chi connectivity index (χ3n) is 7.81. The van der Waals surface area contributed by atoms with Crippen molar-refractivity contribution in [3.8, 4) is 22.9 Å². The van der Waals surface area contributed by atoms with Crippen LogP contribution in [-0.4, -0.2) is 55.2 Å². The number of hydrogen-bond acceptors (Lipinski definition) is 9. The standard InChI is InChI=1S/C30H33FN6O4S.ClH/c1-18-8-9-20-21(10-11-23(31)26(20)28(42(32,38)39)25-7-4-16-40-25)27(18)41-29-22(6-3-14-34-29)24-12-15-35-30(37-24)36-19-5-2-13-33-17-19;/h3,6,8-12,14-15,19,25,28,33H,2,4-5,7,13,16-17H2,1H3,(H2,32,38,39)(H,35,36,37);1H/t19-,25-,28?;/m0./s1. The zero-order valence-electron chi connectivity index (χ0n) is 23.6. The molecule has 0 radical (unpaired) electrons. The van der Waals surface area contributed by atoms with Gasteiger partial charge in [-0.1, -0.05) is 12.1 Å². The second-order valence-corrected chi connectivity index (χ2v) is 12.4. The molecule has 4 aromatic rings. The van der Waals surface area contributed by atoms with Gasteiger partial charge >= 0.3 is 0 Å². The highest BCUT2D eigenvalue weighted by Gasteiger charge is 2.38. The number of rotatable bonds is 8. The molecule has 0 aliphatic carbocycles. The van der Waals surface area contributed by atoms with Gasteiger partial charge in [-0.2, -0.15) is 0 Å². The number of primary sulfonamides is 1. The molecule has 13 heteroatoms. The number of aromatic nitrogens is 3. The number of sulfonamides is 1. The number of anilines is 1. The van der Waals surface area contributed by atoms with E-state index in [0.29, 0.717) is 59.1 Å². The average molecular weight is 629 g/mol. The fraction of sp³-hybridized carbons (Fsp3) is 0.367. The molecule has 2 aromatic carbocycles. The molecule has 0 saturated carbocycles. The van der Waals surface area contributed by atoms with Gasteiger partial charge in [-0.15, -0.1) is 12.4 Å². The molecule has 1 unspecified atom stereocenters. The molecule has 0 amide bonds. The Labute approximate surface area is 256 Å². The van der Waals surface area contributed by atoms with Gasteiger partial charge < -0.3 is 20.1 Å². The maximum Gasteiger partial charge on any atom is 0.228 e. The summed E-state index contributed by atoms with van der Waals surface area (Å²) >= 11 is 0. The number of nitrogens with one attached hydrogen (secondary N) is 2. The van der Waals surface area contributed by atoms with Gasteiger partial charge in [-0.25, -0.2) is 32.9 Å². The van der Waals surface area contributed by atoms with E-state index >= 15 is 4.39 Å². The fourth-order valence-corrected chi connectivity index (χ4v) is 7.02. The van der Waals surface area contributed by atoms with Gasteiger partial charge in [0, 0.05) is 42.5 Å². The molecular formula is C30H34ClFN6O4S. The molecule has 2 aliphatic heterocycles. The Morgan fingerprint density at radius 3 is 2.67 bits per heavy atom. The van der Waals surface area contributed by atoms with Crippen molar-refractivity contribution in [1.29, 1.82) is 0 Å². The van der Waals surface area contributed by atoms with Crippen LogP contribution in [0.1, 0.15) is 42.1 Å². The van der Waals surface area contributed by atoms with E-state index in [9.17, 15) is 8.42 Å². The zero-order chi connectivity index (χ0) is 29.3. The molecule has 43 heavy (non-hydrogen) atoms. The maximum absolute atomic E-state index is 15.5. The van der Waals surface area contributed by atoms with Gasteiger partial charge in [0.2, 0.25) is 21.9 Å². The van der Waals surface area contributed by atoms with Crippen LogP contribution in [0.2, 0.25) is 0 Å². The van der Waals surface area contributed by atoms with E-state index in [0.717, 1.165) is 31.5 Å². The van der Waals surface area contributed by atoms with Crippen molar-refractivity contribution in [2.45, 2.75) is 50.0 Å². The predicted octanol–water partition coefficient (Wildman–Crippen LogP) is 5.03. The van der Waals surface area contributed by atoms with E-state index in [1.807, 2.05) is 13.0 Å². The van der Waals surface area contributed by atoms with Crippen molar-refractivity contribution < 1.29 is 22.3 Å². The van der Waals surface area contributed by atoms with E-state index in [-0.39, 0.29) is 24.0 Å². The van der Waals surface area contributed by atoms with Crippen molar-refractivity contribution in [3.63, 3.8) is 0 Å². The maximum atomic E-state index is 15.5. The van der Waals surface area contributed by atoms with Crippen LogP contribution in [0.15, 0.2) is 54.9 Å². The lowest BCUT2D eigenvalue weighted by Gasteiger charge is -2.24. The monoisotopic (exact) mass is 628 g/mol. The fourth-order valence-electron chi connectivity index (χ4n) is 5.81. The van der Waals surface area contributed by atoms with E-state index in [1.165, 1.54) is 6.07 Å². The summed E-state index contributed by atoms with van der Waals surface area (Å²) in [7, 11) is -4.20. The molecule has 4 N–H and O–H groups in total. The zero-order valence-corrected chi connectivity index (χ0v) is 25.3. The number of aryl methyl sites for hydroxylation is 1. The van der Waals surface area contributed by atoms with Crippen LogP contribution in [0.25, 0.3) is 22.0 Å². The van der Waals surface area contributed by atoms with Crippen LogP contribution < -0.4 is 20.5 Å². The van der Waals surface area contributed by atoms with Crippen molar-refractivity contribution >= 4 is 39.2 Å². The number of nitrogens with zero attached hydrogens (tertiary/aromatic N) is 3. The first-order chi connectivity index (χ1) is 20.3. The first-order valence-corrected chi connectivity index (χ1v) is 15.7. The van der Waals surface area contributed by atoms with Gasteiger partial charge in [0.1, 0.15) is 16.8 Å². The summed E-state index contributed by atoms with van der Waals surface area (Å²) < 4.78 is 53.1. The summed E-state index contributed by atoms with van der Waals surface area (Å²) in [5, 5.41) is 12.0. The number of fused-ring (bicyclic) bond motifs is 1. The second-order valence-electron chi connectivity index (χ2n) is 10.7. The number of hydrogen-bond donors (Lipinski definition) is 3. The Bertz CT molecular complexity index is 1710. The van der Waals surface area contributed by atoms with Crippen LogP contribution in [-0.2, 0) is 14.8 Å². The molecule has 3 atom stereocenters. The molecule has 2 aliphatic rings. The van der Waals surface area contributed by atoms with Gasteiger partial charge in [0.05, 0.1) is 17.4 Å². The summed E-state index contributed by atoms with van der Waals surface area (Å²) in [6.45, 7) is 4.12. The summed E-state index contributed by atoms with van der Waals surface area (Å²) in [6.07, 6.45) is 5.83. The third kappa shape index (κ3) is 6.58. The Hall–Kier alpha value is -3.42. The van der Waals surface area contributed by atoms with Crippen LogP contribution in [0.3, 0.4) is 0 Å². The number of halogens is 2. The Morgan fingerprint density at radius 2 is 1.93 bits per heavy atom. The largest absolute Gasteiger partial charge is 0.437 e. The average Bonchev–Trinajstić information content (AvgIpc) is 3.50. The van der Waals surface area contributed by atoms with Crippen LogP contribution in [0, 0.1) is 12.7 Å². The molecule has 4 heterocycles. The lowest BCUT2D eigenvalue weighted by Crippen LogP contribution is -2.38. The molecule has 2 fully saturated rings. The van der Waals surface area contributed by atoms with E-state index < -0.39 is 27.2 Å². The van der Waals surface area contributed by atoms with Gasteiger partial charge in [0.15, 0.2) is 0 Å². The van der Waals surface area contributed by atoms with Crippen LogP contribution in [0.5, 0.6) is 11.6 Å². The molecular weight excluding hydrogens is 595 g/mol. The normalized spacial score (nSPS) is 19.5. The lowest BCUT2D eigenvalue weighted by molar-refractivity contribution is 0.106. The van der Waals surface area contributed by atoms with Crippen LogP contribution in [0.4, 0.5) is 10.3 Å². The van der Waals surface area contributed by atoms with E-state index in [2.05, 4.69) is 20.6 Å². The molecule has 0 spiro atoms. The van der Waals surface area contributed by atoms with Crippen molar-refractivity contribution in [3.05, 3.63) is 71.8 Å². The first-order valence-electron chi connectivity index (χ1n) is 14.1. The Kier molecular flexibility index (Phi) is 9.42. The number of piperidine rings is 1. The Balaban J connectivity index is 0.00000368. The first kappa shape index (κ1) is 31.0. The van der Waals surface area contributed by atoms with E-state index in [1.54, 1.807) is 42.7 Å². The van der Waals surface area contributed by atoms with Crippen molar-refractivity contribution in [1.82, 2.24) is 20.3 Å². The highest BCUT2D eigenvalue weighted by molar-refractivity contribution is 7.89. The quantitative estimate of drug-likeness (QED) is 0.245. The second kappa shape index (κ2) is 13.1. The summed E-state index contributed by atoms with van der Waals surface area (Å²) in [4.78, 5) is 13.6. The molecule has 0 bridgehead atoms. The SMILES string of the molecule is Cc1ccc2c(C([C@@H]3CCCO3)S(N)(=O)=O)c(F)ccc2c1Oc1ncccc1-c1ccnc(N[C@H]2CCCNC2)n1.Cl.